The van der Waals surface area contributed by atoms with Crippen LogP contribution in [0.25, 0.3) is 0 Å². The summed E-state index contributed by atoms with van der Waals surface area (Å²) in [6.45, 7) is 3.72. The Morgan fingerprint density at radius 2 is 1.88 bits per heavy atom. The van der Waals surface area contributed by atoms with Gasteiger partial charge in [-0.3, -0.25) is 9.69 Å². The van der Waals surface area contributed by atoms with Crippen molar-refractivity contribution in [3.05, 3.63) is 0 Å². The lowest BCUT2D eigenvalue weighted by Crippen LogP contribution is -2.42. The van der Waals surface area contributed by atoms with Gasteiger partial charge in [0.15, 0.2) is 0 Å². The van der Waals surface area contributed by atoms with Gasteiger partial charge in [-0.2, -0.15) is 0 Å². The minimum atomic E-state index is -0.888. The number of unbranched alkanes of at least 4 members (excludes halogenated alkanes) is 5. The lowest BCUT2D eigenvalue weighted by Gasteiger charge is -2.22. The van der Waals surface area contributed by atoms with E-state index < -0.39 is 18.1 Å². The summed E-state index contributed by atoms with van der Waals surface area (Å²) in [5.41, 5.74) is 0. The highest BCUT2D eigenvalue weighted by Gasteiger charge is 2.37. The monoisotopic (exact) mass is 243 g/mol. The molecule has 0 spiro atoms. The molecule has 1 aliphatic heterocycles. The molecule has 2 N–H and O–H groups in total. The molecule has 1 saturated heterocycles. The molecular formula is C13H25NO3. The zero-order chi connectivity index (χ0) is 12.7. The second-order valence-corrected chi connectivity index (χ2v) is 4.94. The van der Waals surface area contributed by atoms with Gasteiger partial charge in [0.05, 0.1) is 6.10 Å². The Morgan fingerprint density at radius 1 is 1.24 bits per heavy atom. The van der Waals surface area contributed by atoms with Crippen molar-refractivity contribution < 1.29 is 15.0 Å². The molecule has 1 fully saturated rings. The fourth-order valence-electron chi connectivity index (χ4n) is 2.51. The van der Waals surface area contributed by atoms with Gasteiger partial charge in [-0.1, -0.05) is 39.0 Å². The van der Waals surface area contributed by atoms with Crippen molar-refractivity contribution in [3.63, 3.8) is 0 Å². The first-order chi connectivity index (χ1) is 8.16. The van der Waals surface area contributed by atoms with E-state index in [-0.39, 0.29) is 0 Å². The van der Waals surface area contributed by atoms with Crippen LogP contribution in [0.5, 0.6) is 0 Å². The second-order valence-electron chi connectivity index (χ2n) is 4.94. The zero-order valence-electron chi connectivity index (χ0n) is 10.8. The van der Waals surface area contributed by atoms with Gasteiger partial charge in [0.1, 0.15) is 6.04 Å². The Morgan fingerprint density at radius 3 is 2.53 bits per heavy atom. The maximum absolute atomic E-state index is 11.0. The first-order valence-corrected chi connectivity index (χ1v) is 6.81. The number of carboxylic acid groups (broad SMARTS) is 1. The lowest BCUT2D eigenvalue weighted by atomic mass is 10.1. The number of rotatable bonds is 8. The summed E-state index contributed by atoms with van der Waals surface area (Å²) in [5.74, 6) is -0.888. The first-order valence-electron chi connectivity index (χ1n) is 6.81. The van der Waals surface area contributed by atoms with Gasteiger partial charge in [-0.25, -0.2) is 0 Å². The van der Waals surface area contributed by atoms with Crippen LogP contribution >= 0.6 is 0 Å². The molecule has 4 heteroatoms. The summed E-state index contributed by atoms with van der Waals surface area (Å²) in [7, 11) is 0. The van der Waals surface area contributed by atoms with E-state index in [1.54, 1.807) is 0 Å². The number of likely N-dealkylation sites (tertiary alicyclic amines) is 1. The highest BCUT2D eigenvalue weighted by Crippen LogP contribution is 2.19. The summed E-state index contributed by atoms with van der Waals surface area (Å²) in [5, 5.41) is 18.6. The second kappa shape index (κ2) is 7.67. The molecule has 0 aromatic heterocycles. The standard InChI is InChI=1S/C13H25NO3/c1-2-3-4-5-6-7-9-14-10-8-11(15)12(14)13(16)17/h11-12,15H,2-10H2,1H3,(H,16,17)/t11?,12-/m0/s1. The van der Waals surface area contributed by atoms with Crippen molar-refractivity contribution in [2.75, 3.05) is 13.1 Å². The number of aliphatic carboxylic acids is 1. The highest BCUT2D eigenvalue weighted by atomic mass is 16.4. The summed E-state index contributed by atoms with van der Waals surface area (Å²) in [4.78, 5) is 12.9. The predicted molar refractivity (Wildman–Crippen MR) is 67.0 cm³/mol. The first kappa shape index (κ1) is 14.5. The molecule has 1 heterocycles. The number of nitrogens with zero attached hydrogens (tertiary/aromatic N) is 1. The zero-order valence-corrected chi connectivity index (χ0v) is 10.8. The number of carbonyl (C=O) groups is 1. The van der Waals surface area contributed by atoms with Gasteiger partial charge >= 0.3 is 5.97 Å². The summed E-state index contributed by atoms with van der Waals surface area (Å²) < 4.78 is 0. The van der Waals surface area contributed by atoms with E-state index in [2.05, 4.69) is 6.92 Å². The molecule has 0 bridgehead atoms. The van der Waals surface area contributed by atoms with Crippen molar-refractivity contribution in [3.8, 4) is 0 Å². The molecule has 0 aromatic rings. The minimum Gasteiger partial charge on any atom is -0.480 e. The smallest absolute Gasteiger partial charge is 0.323 e. The van der Waals surface area contributed by atoms with Crippen LogP contribution in [0.2, 0.25) is 0 Å². The molecule has 0 aromatic carbocycles. The third-order valence-electron chi connectivity index (χ3n) is 3.52. The summed E-state index contributed by atoms with van der Waals surface area (Å²) in [6.07, 6.45) is 7.17. The van der Waals surface area contributed by atoms with Crippen LogP contribution in [-0.2, 0) is 4.79 Å². The van der Waals surface area contributed by atoms with Crippen molar-refractivity contribution in [1.82, 2.24) is 4.90 Å². The molecule has 1 rings (SSSR count). The molecule has 0 radical (unpaired) electrons. The molecule has 0 saturated carbocycles. The third-order valence-corrected chi connectivity index (χ3v) is 3.52. The van der Waals surface area contributed by atoms with E-state index in [4.69, 9.17) is 5.11 Å². The Balaban J connectivity index is 2.16. The van der Waals surface area contributed by atoms with Gasteiger partial charge in [0, 0.05) is 6.54 Å². The quantitative estimate of drug-likeness (QED) is 0.639. The van der Waals surface area contributed by atoms with Crippen LogP contribution in [0.3, 0.4) is 0 Å². The molecule has 0 aliphatic carbocycles. The molecular weight excluding hydrogens is 218 g/mol. The van der Waals surface area contributed by atoms with Crippen molar-refractivity contribution in [2.45, 2.75) is 64.0 Å². The number of aliphatic hydroxyl groups excluding tert-OH is 1. The number of hydrogen-bond donors (Lipinski definition) is 2. The number of hydrogen-bond acceptors (Lipinski definition) is 3. The fraction of sp³-hybridized carbons (Fsp3) is 0.923. The molecule has 17 heavy (non-hydrogen) atoms. The summed E-state index contributed by atoms with van der Waals surface area (Å²) in [6, 6.07) is -0.675. The van der Waals surface area contributed by atoms with Crippen molar-refractivity contribution in [2.24, 2.45) is 0 Å². The van der Waals surface area contributed by atoms with Crippen LogP contribution < -0.4 is 0 Å². The van der Waals surface area contributed by atoms with E-state index in [9.17, 15) is 9.90 Å². The van der Waals surface area contributed by atoms with Crippen molar-refractivity contribution >= 4 is 5.97 Å². The third kappa shape index (κ3) is 4.64. The maximum atomic E-state index is 11.0. The minimum absolute atomic E-state index is 0.590. The van der Waals surface area contributed by atoms with Gasteiger partial charge in [0.25, 0.3) is 0 Å². The van der Waals surface area contributed by atoms with E-state index in [1.165, 1.54) is 32.1 Å². The van der Waals surface area contributed by atoms with Crippen molar-refractivity contribution in [1.29, 1.82) is 0 Å². The Bertz CT molecular complexity index is 233. The molecule has 0 amide bonds. The normalized spacial score (nSPS) is 25.3. The molecule has 1 aliphatic rings. The van der Waals surface area contributed by atoms with E-state index in [0.717, 1.165) is 13.0 Å². The predicted octanol–water partition coefficient (Wildman–Crippen LogP) is 1.87. The lowest BCUT2D eigenvalue weighted by molar-refractivity contribution is -0.145. The topological polar surface area (TPSA) is 60.8 Å². The van der Waals surface area contributed by atoms with E-state index in [0.29, 0.717) is 13.0 Å². The van der Waals surface area contributed by atoms with E-state index in [1.807, 2.05) is 4.90 Å². The molecule has 4 nitrogen and oxygen atoms in total. The average Bonchev–Trinajstić information content (AvgIpc) is 2.65. The molecule has 2 atom stereocenters. The Hall–Kier alpha value is -0.610. The molecule has 100 valence electrons. The van der Waals surface area contributed by atoms with Crippen LogP contribution in [0.15, 0.2) is 0 Å². The van der Waals surface area contributed by atoms with Gasteiger partial charge < -0.3 is 10.2 Å². The maximum Gasteiger partial charge on any atom is 0.323 e. The fourth-order valence-corrected chi connectivity index (χ4v) is 2.51. The Kier molecular flexibility index (Phi) is 6.52. The average molecular weight is 243 g/mol. The SMILES string of the molecule is CCCCCCCCN1CCC(O)[C@H]1C(=O)O. The van der Waals surface area contributed by atoms with Gasteiger partial charge in [0.2, 0.25) is 0 Å². The van der Waals surface area contributed by atoms with Crippen LogP contribution in [0.4, 0.5) is 0 Å². The Labute approximate surface area is 104 Å². The van der Waals surface area contributed by atoms with Crippen LogP contribution in [0, 0.1) is 0 Å². The highest BCUT2D eigenvalue weighted by molar-refractivity contribution is 5.74. The molecule has 1 unspecified atom stereocenters. The van der Waals surface area contributed by atoms with Gasteiger partial charge in [-0.15, -0.1) is 0 Å². The largest absolute Gasteiger partial charge is 0.480 e. The number of aliphatic hydroxyl groups is 1. The van der Waals surface area contributed by atoms with E-state index >= 15 is 0 Å². The van der Waals surface area contributed by atoms with Crippen LogP contribution in [-0.4, -0.2) is 46.3 Å². The van der Waals surface area contributed by atoms with Crippen LogP contribution in [0.1, 0.15) is 51.9 Å². The van der Waals surface area contributed by atoms with Gasteiger partial charge in [-0.05, 0) is 19.4 Å². The summed E-state index contributed by atoms with van der Waals surface area (Å²) >= 11 is 0. The number of carboxylic acids is 1.